The first-order valence-electron chi connectivity index (χ1n) is 7.54. The molecule has 0 rings (SSSR count). The van der Waals surface area contributed by atoms with Gasteiger partial charge in [0.15, 0.2) is 0 Å². The van der Waals surface area contributed by atoms with Crippen LogP contribution in [-0.2, 0) is 4.79 Å². The Kier molecular flexibility index (Phi) is 11.7. The zero-order chi connectivity index (χ0) is 14.5. The van der Waals surface area contributed by atoms with Gasteiger partial charge in [-0.15, -0.1) is 0 Å². The lowest BCUT2D eigenvalue weighted by Crippen LogP contribution is -1.97. The Balaban J connectivity index is 3.47. The minimum absolute atomic E-state index is 0.297. The van der Waals surface area contributed by atoms with Crippen LogP contribution in [0.2, 0.25) is 0 Å². The van der Waals surface area contributed by atoms with Crippen LogP contribution in [0.5, 0.6) is 0 Å². The van der Waals surface area contributed by atoms with E-state index in [-0.39, 0.29) is 0 Å². The molecular weight excluding hydrogens is 240 g/mol. The van der Waals surface area contributed by atoms with Gasteiger partial charge in [-0.25, -0.2) is 0 Å². The molecule has 112 valence electrons. The van der Waals surface area contributed by atoms with Gasteiger partial charge in [0.05, 0.1) is 0 Å². The van der Waals surface area contributed by atoms with E-state index in [2.05, 4.69) is 19.9 Å². The lowest BCUT2D eigenvalue weighted by atomic mass is 9.98. The first kappa shape index (κ1) is 18.2. The molecule has 0 spiro atoms. The van der Waals surface area contributed by atoms with E-state index in [1.165, 1.54) is 18.4 Å². The number of hydrogen-bond donors (Lipinski definition) is 2. The molecule has 0 heterocycles. The molecule has 0 amide bonds. The van der Waals surface area contributed by atoms with Crippen LogP contribution in [0.25, 0.3) is 0 Å². The molecule has 0 aromatic rings. The molecule has 2 N–H and O–H groups in total. The van der Waals surface area contributed by atoms with Gasteiger partial charge in [0.25, 0.3) is 0 Å². The van der Waals surface area contributed by atoms with Crippen LogP contribution in [0.3, 0.4) is 0 Å². The molecule has 0 aliphatic carbocycles. The summed E-state index contributed by atoms with van der Waals surface area (Å²) in [5, 5.41) is 17.3. The van der Waals surface area contributed by atoms with E-state index in [1.807, 2.05) is 0 Å². The summed E-state index contributed by atoms with van der Waals surface area (Å²) in [4.78, 5) is 10.3. The van der Waals surface area contributed by atoms with Crippen molar-refractivity contribution in [3.05, 3.63) is 11.6 Å². The second kappa shape index (κ2) is 12.2. The van der Waals surface area contributed by atoms with Crippen molar-refractivity contribution in [2.45, 2.75) is 71.6 Å². The van der Waals surface area contributed by atoms with Crippen LogP contribution in [-0.4, -0.2) is 22.8 Å². The van der Waals surface area contributed by atoms with E-state index >= 15 is 0 Å². The van der Waals surface area contributed by atoms with Crippen LogP contribution in [0.15, 0.2) is 11.6 Å². The van der Waals surface area contributed by atoms with Crippen molar-refractivity contribution in [1.82, 2.24) is 0 Å². The topological polar surface area (TPSA) is 57.5 Å². The van der Waals surface area contributed by atoms with E-state index in [1.54, 1.807) is 0 Å². The molecule has 0 saturated carbocycles. The van der Waals surface area contributed by atoms with E-state index in [0.29, 0.717) is 18.9 Å². The number of carbonyl (C=O) groups is 1. The minimum atomic E-state index is -0.691. The quantitative estimate of drug-likeness (QED) is 0.413. The SMILES string of the molecule is CC(=CCCCCCC(=O)O)CCCC(C)CCO. The summed E-state index contributed by atoms with van der Waals surface area (Å²) in [6, 6.07) is 0. The highest BCUT2D eigenvalue weighted by molar-refractivity contribution is 5.66. The predicted molar refractivity (Wildman–Crippen MR) is 79.2 cm³/mol. The normalized spacial score (nSPS) is 13.5. The molecule has 0 radical (unpaired) electrons. The number of carboxylic acid groups (broad SMARTS) is 1. The van der Waals surface area contributed by atoms with Gasteiger partial charge in [-0.05, 0) is 51.4 Å². The molecule has 0 fully saturated rings. The van der Waals surface area contributed by atoms with Gasteiger partial charge in [-0.3, -0.25) is 4.79 Å². The van der Waals surface area contributed by atoms with E-state index in [9.17, 15) is 4.79 Å². The van der Waals surface area contributed by atoms with Gasteiger partial charge < -0.3 is 10.2 Å². The number of aliphatic hydroxyl groups excluding tert-OH is 1. The van der Waals surface area contributed by atoms with Gasteiger partial charge in [-0.1, -0.05) is 31.4 Å². The summed E-state index contributed by atoms with van der Waals surface area (Å²) < 4.78 is 0. The fraction of sp³-hybridized carbons (Fsp3) is 0.812. The summed E-state index contributed by atoms with van der Waals surface area (Å²) in [6.07, 6.45) is 11.0. The molecule has 1 atom stereocenters. The van der Waals surface area contributed by atoms with Crippen molar-refractivity contribution in [3.63, 3.8) is 0 Å². The molecule has 0 aromatic carbocycles. The summed E-state index contributed by atoms with van der Waals surface area (Å²) >= 11 is 0. The molecule has 3 heteroatoms. The zero-order valence-electron chi connectivity index (χ0n) is 12.5. The minimum Gasteiger partial charge on any atom is -0.481 e. The second-order valence-corrected chi connectivity index (χ2v) is 5.55. The maximum Gasteiger partial charge on any atom is 0.303 e. The lowest BCUT2D eigenvalue weighted by molar-refractivity contribution is -0.137. The fourth-order valence-electron chi connectivity index (χ4n) is 2.14. The largest absolute Gasteiger partial charge is 0.481 e. The highest BCUT2D eigenvalue weighted by atomic mass is 16.4. The summed E-state index contributed by atoms with van der Waals surface area (Å²) in [5.74, 6) is -0.0717. The van der Waals surface area contributed by atoms with Crippen molar-refractivity contribution in [2.24, 2.45) is 5.92 Å². The summed E-state index contributed by atoms with van der Waals surface area (Å²) in [5.41, 5.74) is 1.44. The number of hydrogen-bond acceptors (Lipinski definition) is 2. The Morgan fingerprint density at radius 3 is 2.47 bits per heavy atom. The van der Waals surface area contributed by atoms with Crippen molar-refractivity contribution in [1.29, 1.82) is 0 Å². The molecular formula is C16H30O3. The average molecular weight is 270 g/mol. The summed E-state index contributed by atoms with van der Waals surface area (Å²) in [6.45, 7) is 4.66. The standard InChI is InChI=1S/C16H30O3/c1-14(9-7-10-15(2)12-13-17)8-5-3-4-6-11-16(18)19/h8,15,17H,3-7,9-13H2,1-2H3,(H,18,19). The van der Waals surface area contributed by atoms with Crippen molar-refractivity contribution in [3.8, 4) is 0 Å². The Hall–Kier alpha value is -0.830. The van der Waals surface area contributed by atoms with Crippen LogP contribution in [0, 0.1) is 5.92 Å². The highest BCUT2D eigenvalue weighted by Crippen LogP contribution is 2.15. The molecule has 0 aliphatic rings. The number of rotatable bonds is 12. The molecule has 0 aliphatic heterocycles. The van der Waals surface area contributed by atoms with Crippen molar-refractivity contribution < 1.29 is 15.0 Å². The molecule has 3 nitrogen and oxygen atoms in total. The van der Waals surface area contributed by atoms with Crippen LogP contribution in [0.1, 0.15) is 71.6 Å². The number of allylic oxidation sites excluding steroid dienone is 2. The van der Waals surface area contributed by atoms with Gasteiger partial charge in [0.1, 0.15) is 0 Å². The predicted octanol–water partition coefficient (Wildman–Crippen LogP) is 4.16. The van der Waals surface area contributed by atoms with Crippen molar-refractivity contribution >= 4 is 5.97 Å². The van der Waals surface area contributed by atoms with Crippen LogP contribution < -0.4 is 0 Å². The van der Waals surface area contributed by atoms with Gasteiger partial charge in [0.2, 0.25) is 0 Å². The fourth-order valence-corrected chi connectivity index (χ4v) is 2.14. The Bertz CT molecular complexity index is 259. The number of carboxylic acids is 1. The summed E-state index contributed by atoms with van der Waals surface area (Å²) in [7, 11) is 0. The Morgan fingerprint density at radius 1 is 1.11 bits per heavy atom. The maximum atomic E-state index is 10.3. The van der Waals surface area contributed by atoms with Gasteiger partial charge in [-0.2, -0.15) is 0 Å². The second-order valence-electron chi connectivity index (χ2n) is 5.55. The first-order valence-corrected chi connectivity index (χ1v) is 7.54. The molecule has 19 heavy (non-hydrogen) atoms. The van der Waals surface area contributed by atoms with Crippen LogP contribution >= 0.6 is 0 Å². The Labute approximate surface area is 117 Å². The van der Waals surface area contributed by atoms with E-state index in [4.69, 9.17) is 10.2 Å². The third kappa shape index (κ3) is 13.4. The number of unbranched alkanes of at least 4 members (excludes halogenated alkanes) is 3. The number of aliphatic hydroxyl groups is 1. The number of aliphatic carboxylic acids is 1. The molecule has 1 unspecified atom stereocenters. The zero-order valence-corrected chi connectivity index (χ0v) is 12.5. The van der Waals surface area contributed by atoms with E-state index in [0.717, 1.165) is 38.5 Å². The molecule has 0 aromatic heterocycles. The third-order valence-electron chi connectivity index (χ3n) is 3.48. The molecule has 0 bridgehead atoms. The third-order valence-corrected chi connectivity index (χ3v) is 3.48. The van der Waals surface area contributed by atoms with E-state index < -0.39 is 5.97 Å². The molecule has 0 saturated heterocycles. The lowest BCUT2D eigenvalue weighted by Gasteiger charge is -2.09. The maximum absolute atomic E-state index is 10.3. The van der Waals surface area contributed by atoms with Gasteiger partial charge in [0, 0.05) is 13.0 Å². The Morgan fingerprint density at radius 2 is 1.84 bits per heavy atom. The van der Waals surface area contributed by atoms with Gasteiger partial charge >= 0.3 is 5.97 Å². The van der Waals surface area contributed by atoms with Crippen molar-refractivity contribution in [2.75, 3.05) is 6.61 Å². The average Bonchev–Trinajstić information content (AvgIpc) is 2.33. The van der Waals surface area contributed by atoms with Crippen LogP contribution in [0.4, 0.5) is 0 Å². The highest BCUT2D eigenvalue weighted by Gasteiger charge is 2.01. The monoisotopic (exact) mass is 270 g/mol. The smallest absolute Gasteiger partial charge is 0.303 e. The first-order chi connectivity index (χ1) is 9.06.